The monoisotopic (exact) mass is 674 g/mol. The van der Waals surface area contributed by atoms with Crippen LogP contribution in [0, 0.1) is 11.6 Å². The average Bonchev–Trinajstić information content (AvgIpc) is 3.05. The van der Waals surface area contributed by atoms with Crippen molar-refractivity contribution in [2.75, 3.05) is 38.8 Å². The van der Waals surface area contributed by atoms with Crippen molar-refractivity contribution in [1.82, 2.24) is 5.32 Å². The van der Waals surface area contributed by atoms with Crippen molar-refractivity contribution in [2.45, 2.75) is 24.3 Å². The number of anilines is 1. The lowest BCUT2D eigenvalue weighted by Crippen LogP contribution is -2.34. The highest BCUT2D eigenvalue weighted by Crippen LogP contribution is 2.39. The second-order valence-electron chi connectivity index (χ2n) is 9.94. The first kappa shape index (κ1) is 34.3. The van der Waals surface area contributed by atoms with E-state index in [9.17, 15) is 17.6 Å². The van der Waals surface area contributed by atoms with Gasteiger partial charge in [0.1, 0.15) is 17.4 Å². The second kappa shape index (κ2) is 15.2. The van der Waals surface area contributed by atoms with Gasteiger partial charge in [-0.3, -0.25) is 9.10 Å². The number of nitrogens with zero attached hydrogens (tertiary/aromatic N) is 1. The van der Waals surface area contributed by atoms with E-state index in [0.29, 0.717) is 45.6 Å². The first-order valence-electron chi connectivity index (χ1n) is 14.1. The zero-order valence-corrected chi connectivity index (χ0v) is 27.1. The molecule has 0 fully saturated rings. The quantitative estimate of drug-likeness (QED) is 0.147. The molecule has 0 aliphatic heterocycles. The average molecular weight is 675 g/mol. The first-order chi connectivity index (χ1) is 22.0. The SMILES string of the molecule is COc1cc(C(=O)NCCCOc2ccccc2C(C)N(c2cc(F)ccc2F)S(=O)(=O)c2ccc(Cl)cc2)cc(OC)c1OC. The number of ether oxygens (including phenoxy) is 4. The number of amides is 1. The fourth-order valence-corrected chi connectivity index (χ4v) is 6.54. The minimum atomic E-state index is -4.41. The Bertz CT molecular complexity index is 1760. The lowest BCUT2D eigenvalue weighted by Gasteiger charge is -2.32. The highest BCUT2D eigenvalue weighted by Gasteiger charge is 2.34. The molecule has 9 nitrogen and oxygen atoms in total. The highest BCUT2D eigenvalue weighted by atomic mass is 35.5. The standard InChI is InChI=1S/C33H33ClF2N2O7S/c1-21(38(28-20-24(35)12-15-27(28)36)46(40,41)25-13-10-23(34)11-14-25)26-8-5-6-9-29(26)45-17-7-16-37-33(39)22-18-30(42-2)32(44-4)31(19-22)43-3/h5-6,8-15,18-21H,7,16-17H2,1-4H3,(H,37,39). The van der Waals surface area contributed by atoms with Crippen molar-refractivity contribution < 1.29 is 40.9 Å². The van der Waals surface area contributed by atoms with Crippen molar-refractivity contribution in [1.29, 1.82) is 0 Å². The van der Waals surface area contributed by atoms with E-state index in [2.05, 4.69) is 5.32 Å². The number of nitrogens with one attached hydrogen (secondary N) is 1. The number of methoxy groups -OCH3 is 3. The van der Waals surface area contributed by atoms with Crippen LogP contribution in [-0.2, 0) is 10.0 Å². The molecule has 0 bridgehead atoms. The van der Waals surface area contributed by atoms with E-state index in [1.165, 1.54) is 57.7 Å². The Morgan fingerprint density at radius 3 is 2.17 bits per heavy atom. The van der Waals surface area contributed by atoms with E-state index < -0.39 is 33.4 Å². The fourth-order valence-electron chi connectivity index (χ4n) is 4.77. The minimum absolute atomic E-state index is 0.150. The van der Waals surface area contributed by atoms with Crippen molar-refractivity contribution in [3.05, 3.63) is 107 Å². The van der Waals surface area contributed by atoms with Crippen LogP contribution in [-0.4, -0.2) is 48.8 Å². The smallest absolute Gasteiger partial charge is 0.264 e. The topological polar surface area (TPSA) is 103 Å². The lowest BCUT2D eigenvalue weighted by molar-refractivity contribution is 0.0950. The Morgan fingerprint density at radius 2 is 1.54 bits per heavy atom. The predicted molar refractivity (Wildman–Crippen MR) is 171 cm³/mol. The van der Waals surface area contributed by atoms with Gasteiger partial charge in [0.15, 0.2) is 11.5 Å². The number of halogens is 3. The van der Waals surface area contributed by atoms with Gasteiger partial charge >= 0.3 is 0 Å². The maximum absolute atomic E-state index is 15.1. The molecule has 1 amide bonds. The largest absolute Gasteiger partial charge is 0.493 e. The molecule has 0 spiro atoms. The fraction of sp³-hybridized carbons (Fsp3) is 0.242. The number of sulfonamides is 1. The number of benzene rings is 4. The summed E-state index contributed by atoms with van der Waals surface area (Å²) in [6, 6.07) is 16.7. The molecule has 0 aliphatic rings. The number of carbonyl (C=O) groups is 1. The van der Waals surface area contributed by atoms with Crippen LogP contribution in [0.1, 0.15) is 35.3 Å². The second-order valence-corrected chi connectivity index (χ2v) is 12.2. The van der Waals surface area contributed by atoms with Gasteiger partial charge in [-0.2, -0.15) is 0 Å². The van der Waals surface area contributed by atoms with Crippen LogP contribution in [0.25, 0.3) is 0 Å². The first-order valence-corrected chi connectivity index (χ1v) is 15.9. The van der Waals surface area contributed by atoms with Crippen molar-refractivity contribution in [2.24, 2.45) is 0 Å². The highest BCUT2D eigenvalue weighted by molar-refractivity contribution is 7.92. The van der Waals surface area contributed by atoms with Gasteiger partial charge in [-0.05, 0) is 67.9 Å². The van der Waals surface area contributed by atoms with Crippen LogP contribution in [0.5, 0.6) is 23.0 Å². The third-order valence-electron chi connectivity index (χ3n) is 7.03. The summed E-state index contributed by atoms with van der Waals surface area (Å²) < 4.78 is 80.0. The molecule has 0 saturated carbocycles. The molecule has 1 unspecified atom stereocenters. The van der Waals surface area contributed by atoms with E-state index in [0.717, 1.165) is 22.5 Å². The van der Waals surface area contributed by atoms with Crippen molar-refractivity contribution >= 4 is 33.2 Å². The molecule has 4 aromatic carbocycles. The Labute approximate surface area is 271 Å². The minimum Gasteiger partial charge on any atom is -0.493 e. The predicted octanol–water partition coefficient (Wildman–Crippen LogP) is 6.80. The molecule has 0 saturated heterocycles. The Balaban J connectivity index is 1.52. The van der Waals surface area contributed by atoms with Gasteiger partial charge in [0.05, 0.1) is 44.6 Å². The summed E-state index contributed by atoms with van der Waals surface area (Å²) in [6.45, 7) is 1.95. The molecule has 46 heavy (non-hydrogen) atoms. The van der Waals surface area contributed by atoms with E-state index in [4.69, 9.17) is 30.5 Å². The molecular formula is C33H33ClF2N2O7S. The molecule has 244 valence electrons. The Morgan fingerprint density at radius 1 is 0.891 bits per heavy atom. The molecule has 0 aliphatic carbocycles. The van der Waals surface area contributed by atoms with Crippen LogP contribution >= 0.6 is 11.6 Å². The Hall–Kier alpha value is -4.55. The zero-order chi connectivity index (χ0) is 33.4. The molecule has 0 heterocycles. The van der Waals surface area contributed by atoms with E-state index in [-0.39, 0.29) is 24.0 Å². The van der Waals surface area contributed by atoms with Crippen LogP contribution in [0.4, 0.5) is 14.5 Å². The van der Waals surface area contributed by atoms with Gasteiger partial charge < -0.3 is 24.3 Å². The number of hydrogen-bond acceptors (Lipinski definition) is 7. The number of para-hydroxylation sites is 1. The Kier molecular flexibility index (Phi) is 11.3. The molecular weight excluding hydrogens is 642 g/mol. The lowest BCUT2D eigenvalue weighted by atomic mass is 10.1. The van der Waals surface area contributed by atoms with Crippen LogP contribution < -0.4 is 28.6 Å². The van der Waals surface area contributed by atoms with E-state index in [1.807, 2.05) is 0 Å². The molecule has 1 N–H and O–H groups in total. The van der Waals surface area contributed by atoms with Crippen molar-refractivity contribution in [3.63, 3.8) is 0 Å². The summed E-state index contributed by atoms with van der Waals surface area (Å²) in [5, 5.41) is 3.12. The van der Waals surface area contributed by atoms with Gasteiger partial charge in [0.25, 0.3) is 15.9 Å². The molecule has 0 radical (unpaired) electrons. The number of rotatable bonds is 14. The molecule has 4 aromatic rings. The molecule has 13 heteroatoms. The summed E-state index contributed by atoms with van der Waals surface area (Å²) in [5.41, 5.74) is 0.248. The number of carbonyl (C=O) groups excluding carboxylic acids is 1. The van der Waals surface area contributed by atoms with Gasteiger partial charge in [0, 0.05) is 28.8 Å². The third kappa shape index (κ3) is 7.63. The van der Waals surface area contributed by atoms with E-state index in [1.54, 1.807) is 31.2 Å². The normalized spacial score (nSPS) is 11.8. The summed E-state index contributed by atoms with van der Waals surface area (Å²) in [4.78, 5) is 12.7. The van der Waals surface area contributed by atoms with E-state index >= 15 is 4.39 Å². The third-order valence-corrected chi connectivity index (χ3v) is 9.18. The van der Waals surface area contributed by atoms with Crippen LogP contribution in [0.3, 0.4) is 0 Å². The summed E-state index contributed by atoms with van der Waals surface area (Å²) in [7, 11) is -0.0389. The number of hydrogen-bond donors (Lipinski definition) is 1. The molecule has 4 rings (SSSR count). The molecule has 1 atom stereocenters. The van der Waals surface area contributed by atoms with Crippen LogP contribution in [0.15, 0.2) is 83.8 Å². The molecule has 0 aromatic heterocycles. The zero-order valence-electron chi connectivity index (χ0n) is 25.6. The maximum atomic E-state index is 15.1. The van der Waals surface area contributed by atoms with Gasteiger partial charge in [-0.25, -0.2) is 17.2 Å². The van der Waals surface area contributed by atoms with Gasteiger partial charge in [0.2, 0.25) is 5.75 Å². The van der Waals surface area contributed by atoms with Gasteiger partial charge in [-0.1, -0.05) is 29.8 Å². The summed E-state index contributed by atoms with van der Waals surface area (Å²) >= 11 is 5.97. The van der Waals surface area contributed by atoms with Crippen molar-refractivity contribution in [3.8, 4) is 23.0 Å². The maximum Gasteiger partial charge on any atom is 0.264 e. The summed E-state index contributed by atoms with van der Waals surface area (Å²) in [6.07, 6.45) is 0.393. The summed E-state index contributed by atoms with van der Waals surface area (Å²) in [5.74, 6) is -0.724. The van der Waals surface area contributed by atoms with Gasteiger partial charge in [-0.15, -0.1) is 0 Å². The van der Waals surface area contributed by atoms with Crippen LogP contribution in [0.2, 0.25) is 5.02 Å².